The second-order valence-electron chi connectivity index (χ2n) is 8.33. The van der Waals surface area contributed by atoms with Gasteiger partial charge >= 0.3 is 6.18 Å². The third kappa shape index (κ3) is 6.30. The quantitative estimate of drug-likeness (QED) is 0.542. The van der Waals surface area contributed by atoms with Crippen molar-refractivity contribution in [1.29, 1.82) is 0 Å². The van der Waals surface area contributed by atoms with Crippen LogP contribution in [-0.4, -0.2) is 34.9 Å². The van der Waals surface area contributed by atoms with Crippen molar-refractivity contribution in [2.75, 3.05) is 6.61 Å². The minimum Gasteiger partial charge on any atom is -0.395 e. The third-order valence-electron chi connectivity index (χ3n) is 5.38. The van der Waals surface area contributed by atoms with Crippen LogP contribution in [0.3, 0.4) is 0 Å². The summed E-state index contributed by atoms with van der Waals surface area (Å²) in [5, 5.41) is 19.5. The molecule has 0 saturated carbocycles. The highest BCUT2D eigenvalue weighted by atomic mass is 19.4. The average molecular weight is 441 g/mol. The van der Waals surface area contributed by atoms with E-state index in [0.717, 1.165) is 12.1 Å². The molecule has 2 rings (SSSR count). The largest absolute Gasteiger partial charge is 0.416 e. The summed E-state index contributed by atoms with van der Waals surface area (Å²) in [6, 6.07) is 4.15. The number of aliphatic hydroxyl groups excluding tert-OH is 1. The molecule has 6 nitrogen and oxygen atoms in total. The van der Waals surface area contributed by atoms with Gasteiger partial charge in [0.05, 0.1) is 12.2 Å². The third-order valence-corrected chi connectivity index (χ3v) is 5.38. The highest BCUT2D eigenvalue weighted by Crippen LogP contribution is 2.32. The molecule has 0 aliphatic carbocycles. The molecule has 1 aromatic heterocycles. The lowest BCUT2D eigenvalue weighted by Crippen LogP contribution is -2.38. The van der Waals surface area contributed by atoms with Crippen LogP contribution in [0.2, 0.25) is 0 Å². The van der Waals surface area contributed by atoms with E-state index in [1.54, 1.807) is 0 Å². The molecule has 172 valence electrons. The van der Waals surface area contributed by atoms with Crippen molar-refractivity contribution >= 4 is 5.91 Å². The van der Waals surface area contributed by atoms with Crippen molar-refractivity contribution < 1.29 is 27.6 Å². The van der Waals surface area contributed by atoms with Crippen LogP contribution in [-0.2, 0) is 12.7 Å². The van der Waals surface area contributed by atoms with Crippen molar-refractivity contribution in [2.24, 2.45) is 11.8 Å². The summed E-state index contributed by atoms with van der Waals surface area (Å²) in [5.41, 5.74) is 0.0836. The second kappa shape index (κ2) is 10.3. The highest BCUT2D eigenvalue weighted by molar-refractivity contribution is 5.95. The van der Waals surface area contributed by atoms with Gasteiger partial charge in [-0.3, -0.25) is 4.79 Å². The predicted octanol–water partition coefficient (Wildman–Crippen LogP) is 4.24. The summed E-state index contributed by atoms with van der Waals surface area (Å²) in [6.07, 6.45) is -4.45. The van der Waals surface area contributed by atoms with Crippen LogP contribution in [0, 0.1) is 11.8 Å². The monoisotopic (exact) mass is 441 g/mol. The van der Waals surface area contributed by atoms with Crippen molar-refractivity contribution in [3.63, 3.8) is 0 Å². The summed E-state index contributed by atoms with van der Waals surface area (Å²) in [5.74, 6) is 0.109. The molecule has 0 aliphatic heterocycles. The number of hydrogen-bond acceptors (Lipinski definition) is 5. The number of nitrogens with zero attached hydrogens (tertiary/aromatic N) is 1. The lowest BCUT2D eigenvalue weighted by atomic mass is 10.0. The fourth-order valence-corrected chi connectivity index (χ4v) is 2.88. The van der Waals surface area contributed by atoms with Gasteiger partial charge in [-0.05, 0) is 30.9 Å². The summed E-state index contributed by atoms with van der Waals surface area (Å²) in [6.45, 7) is 9.74. The van der Waals surface area contributed by atoms with E-state index in [4.69, 9.17) is 4.52 Å². The summed E-state index contributed by atoms with van der Waals surface area (Å²) in [7, 11) is 0. The molecule has 31 heavy (non-hydrogen) atoms. The maximum atomic E-state index is 12.9. The van der Waals surface area contributed by atoms with E-state index in [0.29, 0.717) is 11.1 Å². The Morgan fingerprint density at radius 2 is 1.71 bits per heavy atom. The summed E-state index contributed by atoms with van der Waals surface area (Å²) >= 11 is 0. The molecule has 0 fully saturated rings. The number of carbonyl (C=O) groups excluding carboxylic acids is 1. The minimum absolute atomic E-state index is 0.0651. The standard InChI is InChI=1S/C22H30F3N3O3/c1-12(2)14(5)27-21(30)19-17(10-26-18(11-29)13(3)4)20(31-28-19)15-6-8-16(9-7-15)22(23,24)25/h6-9,12-14,18,26,29H,10-11H2,1-5H3,(H,27,30)/t14-,18-/m0/s1. The summed E-state index contributed by atoms with van der Waals surface area (Å²) < 4.78 is 44.1. The molecular weight excluding hydrogens is 411 g/mol. The maximum Gasteiger partial charge on any atom is 0.416 e. The molecule has 9 heteroatoms. The number of aromatic nitrogens is 1. The Labute approximate surface area is 180 Å². The van der Waals surface area contributed by atoms with Gasteiger partial charge in [0.1, 0.15) is 0 Å². The number of amides is 1. The van der Waals surface area contributed by atoms with E-state index in [1.165, 1.54) is 12.1 Å². The van der Waals surface area contributed by atoms with Crippen LogP contribution in [0.15, 0.2) is 28.8 Å². The van der Waals surface area contributed by atoms with Gasteiger partial charge in [-0.2, -0.15) is 13.2 Å². The molecular formula is C22H30F3N3O3. The second-order valence-corrected chi connectivity index (χ2v) is 8.33. The van der Waals surface area contributed by atoms with E-state index in [-0.39, 0.29) is 48.5 Å². The number of halogens is 3. The van der Waals surface area contributed by atoms with Crippen LogP contribution >= 0.6 is 0 Å². The van der Waals surface area contributed by atoms with Crippen molar-refractivity contribution in [2.45, 2.75) is 59.4 Å². The highest BCUT2D eigenvalue weighted by Gasteiger charge is 2.31. The van der Waals surface area contributed by atoms with Gasteiger partial charge < -0.3 is 20.3 Å². The summed E-state index contributed by atoms with van der Waals surface area (Å²) in [4.78, 5) is 12.8. The van der Waals surface area contributed by atoms with Gasteiger partial charge in [0.2, 0.25) is 0 Å². The smallest absolute Gasteiger partial charge is 0.395 e. The molecule has 0 unspecified atom stereocenters. The van der Waals surface area contributed by atoms with Crippen LogP contribution in [0.1, 0.15) is 56.2 Å². The van der Waals surface area contributed by atoms with Gasteiger partial charge in [-0.25, -0.2) is 0 Å². The molecule has 3 N–H and O–H groups in total. The van der Waals surface area contributed by atoms with Gasteiger partial charge in [-0.1, -0.05) is 45.0 Å². The first-order chi connectivity index (χ1) is 14.5. The Kier molecular flexibility index (Phi) is 8.25. The Morgan fingerprint density at radius 3 is 2.19 bits per heavy atom. The number of carbonyl (C=O) groups is 1. The first-order valence-corrected chi connectivity index (χ1v) is 10.3. The first-order valence-electron chi connectivity index (χ1n) is 10.3. The van der Waals surface area contributed by atoms with Gasteiger partial charge in [0.25, 0.3) is 5.91 Å². The molecule has 2 atom stereocenters. The van der Waals surface area contributed by atoms with Crippen LogP contribution in [0.25, 0.3) is 11.3 Å². The van der Waals surface area contributed by atoms with E-state index in [2.05, 4.69) is 15.8 Å². The van der Waals surface area contributed by atoms with E-state index < -0.39 is 17.6 Å². The van der Waals surface area contributed by atoms with Crippen molar-refractivity contribution in [3.8, 4) is 11.3 Å². The first kappa shape index (κ1) is 24.9. The number of alkyl halides is 3. The van der Waals surface area contributed by atoms with Gasteiger partial charge in [0, 0.05) is 29.8 Å². The Bertz CT molecular complexity index is 861. The van der Waals surface area contributed by atoms with Crippen molar-refractivity contribution in [3.05, 3.63) is 41.1 Å². The zero-order valence-electron chi connectivity index (χ0n) is 18.4. The normalized spacial score (nSPS) is 14.2. The number of hydrogen-bond donors (Lipinski definition) is 3. The Morgan fingerprint density at radius 1 is 1.10 bits per heavy atom. The molecule has 0 saturated heterocycles. The number of aliphatic hydroxyl groups is 1. The molecule has 0 bridgehead atoms. The molecule has 1 heterocycles. The molecule has 0 radical (unpaired) electrons. The van der Waals surface area contributed by atoms with Crippen LogP contribution < -0.4 is 10.6 Å². The fourth-order valence-electron chi connectivity index (χ4n) is 2.88. The molecule has 0 spiro atoms. The Hall–Kier alpha value is -2.39. The zero-order chi connectivity index (χ0) is 23.3. The lowest BCUT2D eigenvalue weighted by molar-refractivity contribution is -0.137. The molecule has 1 aromatic carbocycles. The fraction of sp³-hybridized carbons (Fsp3) is 0.545. The SMILES string of the molecule is CC(C)[C@H](C)NC(=O)c1noc(-c2ccc(C(F)(F)F)cc2)c1CN[C@@H](CO)C(C)C. The van der Waals surface area contributed by atoms with Crippen molar-refractivity contribution in [1.82, 2.24) is 15.8 Å². The molecule has 0 aliphatic rings. The molecule has 1 amide bonds. The Balaban J connectivity index is 2.41. The van der Waals surface area contributed by atoms with E-state index in [1.807, 2.05) is 34.6 Å². The maximum absolute atomic E-state index is 12.9. The minimum atomic E-state index is -4.45. The number of nitrogens with one attached hydrogen (secondary N) is 2. The lowest BCUT2D eigenvalue weighted by Gasteiger charge is -2.20. The average Bonchev–Trinajstić information content (AvgIpc) is 3.11. The van der Waals surface area contributed by atoms with Crippen LogP contribution in [0.5, 0.6) is 0 Å². The van der Waals surface area contributed by atoms with E-state index in [9.17, 15) is 23.1 Å². The zero-order valence-corrected chi connectivity index (χ0v) is 18.4. The van der Waals surface area contributed by atoms with E-state index >= 15 is 0 Å². The number of benzene rings is 1. The van der Waals surface area contributed by atoms with Gasteiger partial charge in [-0.15, -0.1) is 0 Å². The number of rotatable bonds is 9. The molecule has 2 aromatic rings. The van der Waals surface area contributed by atoms with Crippen LogP contribution in [0.4, 0.5) is 13.2 Å². The van der Waals surface area contributed by atoms with Gasteiger partial charge in [0.15, 0.2) is 11.5 Å². The predicted molar refractivity (Wildman–Crippen MR) is 111 cm³/mol. The topological polar surface area (TPSA) is 87.4 Å².